The number of thiophene rings is 1. The molecule has 222 valence electrons. The van der Waals surface area contributed by atoms with Crippen molar-refractivity contribution in [3.63, 3.8) is 0 Å². The van der Waals surface area contributed by atoms with E-state index in [-0.39, 0.29) is 43.0 Å². The fraction of sp³-hybridized carbons (Fsp3) is 0.214. The monoisotopic (exact) mass is 610 g/mol. The van der Waals surface area contributed by atoms with Gasteiger partial charge in [0.1, 0.15) is 11.4 Å². The van der Waals surface area contributed by atoms with Crippen LogP contribution in [0.3, 0.4) is 0 Å². The molecule has 0 spiro atoms. The van der Waals surface area contributed by atoms with Crippen LogP contribution in [-0.2, 0) is 27.8 Å². The molecule has 6 rings (SSSR count). The zero-order valence-electron chi connectivity index (χ0n) is 23.6. The lowest BCUT2D eigenvalue weighted by Gasteiger charge is -2.20. The van der Waals surface area contributed by atoms with Gasteiger partial charge in [-0.3, -0.25) is 30.2 Å². The summed E-state index contributed by atoms with van der Waals surface area (Å²) in [7, 11) is 0. The Kier molecular flexibility index (Phi) is 7.96. The van der Waals surface area contributed by atoms with E-state index in [0.29, 0.717) is 34.8 Å². The maximum Gasteiger partial charge on any atom is 0.231 e. The van der Waals surface area contributed by atoms with Crippen molar-refractivity contribution < 1.29 is 14.1 Å². The molecule has 0 saturated heterocycles. The van der Waals surface area contributed by atoms with E-state index in [1.54, 1.807) is 30.6 Å². The van der Waals surface area contributed by atoms with Gasteiger partial charge in [-0.25, -0.2) is 0 Å². The fourth-order valence-electron chi connectivity index (χ4n) is 4.18. The highest BCUT2D eigenvalue weighted by molar-refractivity contribution is 7.10. The van der Waals surface area contributed by atoms with E-state index in [4.69, 9.17) is 4.52 Å². The summed E-state index contributed by atoms with van der Waals surface area (Å²) >= 11 is 1.52. The maximum absolute atomic E-state index is 12.5. The Morgan fingerprint density at radius 2 is 1.64 bits per heavy atom. The molecule has 15 nitrogen and oxygen atoms in total. The number of aryl methyl sites for hydroxylation is 1. The number of nitrogens with one attached hydrogen (secondary N) is 4. The van der Waals surface area contributed by atoms with E-state index in [9.17, 15) is 9.59 Å². The molecule has 6 heterocycles. The smallest absolute Gasteiger partial charge is 0.231 e. The van der Waals surface area contributed by atoms with Crippen LogP contribution in [0.4, 0.5) is 11.9 Å². The van der Waals surface area contributed by atoms with Gasteiger partial charge < -0.3 is 14.5 Å². The third-order valence-corrected chi connectivity index (χ3v) is 7.51. The summed E-state index contributed by atoms with van der Waals surface area (Å²) in [6.45, 7) is 3.90. The standard InChI is InChI=1S/C28H26N12O3S/c1-28(2,16-8-9-19(30-15-16)24-35-27(39-37-24)32-21(42)14-17-6-5-13-44-17)25-33-22(43-40-25)11-10-20(41)31-26-34-23(36-38-26)18-7-3-4-12-29-18/h3-9,12-13,15H,10-11,14H2,1-2H3,(H2,31,34,36,38,41)(H2,32,35,37,39,42). The quantitative estimate of drug-likeness (QED) is 0.167. The van der Waals surface area contributed by atoms with Crippen LogP contribution in [0, 0.1) is 0 Å². The number of rotatable bonds is 11. The molecule has 16 heteroatoms. The molecule has 0 bridgehead atoms. The highest BCUT2D eigenvalue weighted by Gasteiger charge is 2.30. The molecule has 6 aromatic heterocycles. The first-order chi connectivity index (χ1) is 21.3. The average Bonchev–Trinajstić information content (AvgIpc) is 3.85. The number of amides is 2. The van der Waals surface area contributed by atoms with Gasteiger partial charge in [0.25, 0.3) is 0 Å². The van der Waals surface area contributed by atoms with E-state index in [0.717, 1.165) is 10.4 Å². The minimum Gasteiger partial charge on any atom is -0.339 e. The number of carbonyl (C=O) groups excluding carboxylic acids is 2. The normalized spacial score (nSPS) is 11.4. The van der Waals surface area contributed by atoms with Crippen LogP contribution in [0.25, 0.3) is 23.0 Å². The molecule has 4 N–H and O–H groups in total. The molecule has 0 aliphatic carbocycles. The van der Waals surface area contributed by atoms with Crippen molar-refractivity contribution in [1.82, 2.24) is 50.5 Å². The van der Waals surface area contributed by atoms with E-state index < -0.39 is 5.41 Å². The Bertz CT molecular complexity index is 1860. The lowest BCUT2D eigenvalue weighted by atomic mass is 9.85. The molecule has 0 saturated carbocycles. The molecule has 0 aliphatic rings. The molecule has 6 aromatic rings. The number of anilines is 2. The van der Waals surface area contributed by atoms with Crippen molar-refractivity contribution in [1.29, 1.82) is 0 Å². The van der Waals surface area contributed by atoms with E-state index in [2.05, 4.69) is 61.1 Å². The Morgan fingerprint density at radius 1 is 0.886 bits per heavy atom. The number of carbonyl (C=O) groups is 2. The van der Waals surface area contributed by atoms with Gasteiger partial charge in [0.05, 0.1) is 11.8 Å². The number of H-pyrrole nitrogens is 2. The SMILES string of the molecule is CC(C)(c1ccc(-c2nnc(NC(=O)Cc3cccs3)[nH]2)nc1)c1noc(CCC(=O)Nc2nnc(-c3ccccn3)[nH]2)n1. The van der Waals surface area contributed by atoms with E-state index >= 15 is 0 Å². The van der Waals surface area contributed by atoms with Gasteiger partial charge in [-0.15, -0.1) is 31.7 Å². The number of pyridine rings is 2. The zero-order valence-corrected chi connectivity index (χ0v) is 24.4. The third kappa shape index (κ3) is 6.54. The summed E-state index contributed by atoms with van der Waals surface area (Å²) in [6.07, 6.45) is 3.95. The average molecular weight is 611 g/mol. The molecule has 0 radical (unpaired) electrons. The second-order valence-electron chi connectivity index (χ2n) is 10.2. The van der Waals surface area contributed by atoms with Crippen molar-refractivity contribution in [3.05, 3.63) is 82.4 Å². The Morgan fingerprint density at radius 3 is 2.30 bits per heavy atom. The molecular formula is C28H26N12O3S. The van der Waals surface area contributed by atoms with Gasteiger partial charge in [0.2, 0.25) is 29.6 Å². The van der Waals surface area contributed by atoms with Crippen molar-refractivity contribution in [2.75, 3.05) is 10.6 Å². The molecule has 44 heavy (non-hydrogen) atoms. The Labute approximate surface area is 254 Å². The summed E-state index contributed by atoms with van der Waals surface area (Å²) < 4.78 is 5.43. The first-order valence-corrected chi connectivity index (χ1v) is 14.4. The van der Waals surface area contributed by atoms with Crippen LogP contribution in [-0.4, -0.2) is 62.3 Å². The third-order valence-electron chi connectivity index (χ3n) is 6.63. The number of aromatic amines is 2. The van der Waals surface area contributed by atoms with Crippen LogP contribution in [0.15, 0.2) is 64.8 Å². The summed E-state index contributed by atoms with van der Waals surface area (Å²) in [6, 6.07) is 12.9. The van der Waals surface area contributed by atoms with Crippen molar-refractivity contribution in [3.8, 4) is 23.0 Å². The summed E-state index contributed by atoms with van der Waals surface area (Å²) in [5.74, 6) is 1.64. The molecule has 0 aromatic carbocycles. The van der Waals surface area contributed by atoms with Crippen molar-refractivity contribution in [2.24, 2.45) is 0 Å². The van der Waals surface area contributed by atoms with Gasteiger partial charge in [0, 0.05) is 30.1 Å². The zero-order chi connectivity index (χ0) is 30.5. The van der Waals surface area contributed by atoms with Crippen LogP contribution in [0.1, 0.15) is 42.4 Å². The largest absolute Gasteiger partial charge is 0.339 e. The molecule has 0 fully saturated rings. The fourth-order valence-corrected chi connectivity index (χ4v) is 4.88. The minimum atomic E-state index is -0.639. The van der Waals surface area contributed by atoms with Gasteiger partial charge in [-0.05, 0) is 49.1 Å². The lowest BCUT2D eigenvalue weighted by molar-refractivity contribution is -0.116. The predicted molar refractivity (Wildman–Crippen MR) is 159 cm³/mol. The second-order valence-corrected chi connectivity index (χ2v) is 11.2. The summed E-state index contributed by atoms with van der Waals surface area (Å²) in [5, 5.41) is 27.5. The summed E-state index contributed by atoms with van der Waals surface area (Å²) in [5.41, 5.74) is 1.36. The van der Waals surface area contributed by atoms with E-state index in [1.807, 2.05) is 43.5 Å². The minimum absolute atomic E-state index is 0.103. The molecule has 0 atom stereocenters. The Hall–Kier alpha value is -5.64. The van der Waals surface area contributed by atoms with Gasteiger partial charge in [0.15, 0.2) is 17.5 Å². The molecular weight excluding hydrogens is 584 g/mol. The second kappa shape index (κ2) is 12.3. The van der Waals surface area contributed by atoms with Crippen molar-refractivity contribution >= 4 is 35.0 Å². The highest BCUT2D eigenvalue weighted by atomic mass is 32.1. The number of nitrogens with zero attached hydrogens (tertiary/aromatic N) is 8. The maximum atomic E-state index is 12.5. The first kappa shape index (κ1) is 28.5. The van der Waals surface area contributed by atoms with Crippen LogP contribution in [0.2, 0.25) is 0 Å². The number of hydrogen-bond acceptors (Lipinski definition) is 12. The van der Waals surface area contributed by atoms with Crippen molar-refractivity contribution in [2.45, 2.75) is 38.5 Å². The molecule has 2 amide bonds. The summed E-state index contributed by atoms with van der Waals surface area (Å²) in [4.78, 5) is 44.8. The Balaban J connectivity index is 1.03. The van der Waals surface area contributed by atoms with Gasteiger partial charge in [-0.2, -0.15) is 4.98 Å². The predicted octanol–water partition coefficient (Wildman–Crippen LogP) is 3.57. The van der Waals surface area contributed by atoms with Crippen LogP contribution >= 0.6 is 11.3 Å². The highest BCUT2D eigenvalue weighted by Crippen LogP contribution is 2.30. The number of hydrogen-bond donors (Lipinski definition) is 4. The van der Waals surface area contributed by atoms with Crippen LogP contribution in [0.5, 0.6) is 0 Å². The molecule has 0 aliphatic heterocycles. The lowest BCUT2D eigenvalue weighted by Crippen LogP contribution is -2.21. The van der Waals surface area contributed by atoms with E-state index in [1.165, 1.54) is 11.3 Å². The molecule has 0 unspecified atom stereocenters. The topological polar surface area (TPSA) is 206 Å². The van der Waals surface area contributed by atoms with Gasteiger partial charge >= 0.3 is 0 Å². The number of aromatic nitrogens is 10. The first-order valence-electron chi connectivity index (χ1n) is 13.5. The van der Waals surface area contributed by atoms with Gasteiger partial charge in [-0.1, -0.05) is 23.4 Å². The van der Waals surface area contributed by atoms with Crippen LogP contribution < -0.4 is 10.6 Å².